The van der Waals surface area contributed by atoms with Crippen LogP contribution in [0.2, 0.25) is 0 Å². The van der Waals surface area contributed by atoms with Gasteiger partial charge in [0.1, 0.15) is 17.5 Å². The standard InChI is InChI=1S/C36H43FN6O8S/c1-36(2,3)51-35(48)38-22-11-13-41(14-12-22)52(49,50)25-6-4-5-21(15-25)18-40-19-23-7-8-24(20-40)42(23)30-17-27-26(16-28(30)37)33(46)43(34(27)47)29-9-10-31(44)39-32(29)45/h4-6,15-17,22-24,29H,7-14,18-20H2,1-3H3,(H,38,48)(H,39,44,45). The van der Waals surface area contributed by atoms with Gasteiger partial charge in [0.25, 0.3) is 11.8 Å². The van der Waals surface area contributed by atoms with Gasteiger partial charge in [-0.3, -0.25) is 34.3 Å². The van der Waals surface area contributed by atoms with E-state index in [4.69, 9.17) is 4.74 Å². The minimum atomic E-state index is -3.77. The highest BCUT2D eigenvalue weighted by Crippen LogP contribution is 2.40. The predicted octanol–water partition coefficient (Wildman–Crippen LogP) is 2.76. The molecule has 4 fully saturated rings. The highest BCUT2D eigenvalue weighted by atomic mass is 32.2. The van der Waals surface area contributed by atoms with Crippen LogP contribution in [0, 0.1) is 5.82 Å². The van der Waals surface area contributed by atoms with Crippen LogP contribution < -0.4 is 15.5 Å². The number of benzene rings is 2. The number of halogens is 1. The van der Waals surface area contributed by atoms with Gasteiger partial charge < -0.3 is 15.0 Å². The lowest BCUT2D eigenvalue weighted by Gasteiger charge is -2.42. The van der Waals surface area contributed by atoms with Gasteiger partial charge >= 0.3 is 6.09 Å². The summed E-state index contributed by atoms with van der Waals surface area (Å²) in [6.45, 7) is 7.55. The lowest BCUT2D eigenvalue weighted by atomic mass is 10.0. The Morgan fingerprint density at radius 1 is 0.942 bits per heavy atom. The normalized spacial score (nSPS) is 24.7. The summed E-state index contributed by atoms with van der Waals surface area (Å²) in [4.78, 5) is 68.2. The molecule has 2 bridgehead atoms. The van der Waals surface area contributed by atoms with Crippen LogP contribution in [-0.4, -0.2) is 108 Å². The molecular weight excluding hydrogens is 695 g/mol. The van der Waals surface area contributed by atoms with Crippen molar-refractivity contribution in [1.29, 1.82) is 0 Å². The van der Waals surface area contributed by atoms with E-state index in [1.165, 1.54) is 10.4 Å². The summed E-state index contributed by atoms with van der Waals surface area (Å²) >= 11 is 0. The summed E-state index contributed by atoms with van der Waals surface area (Å²) in [6.07, 6.45) is 2.02. The van der Waals surface area contributed by atoms with Crippen LogP contribution in [0.4, 0.5) is 14.9 Å². The third-order valence-electron chi connectivity index (χ3n) is 10.5. The van der Waals surface area contributed by atoms with Gasteiger partial charge in [0.05, 0.1) is 21.7 Å². The third-order valence-corrected chi connectivity index (χ3v) is 12.4. The zero-order valence-electron chi connectivity index (χ0n) is 29.4. The van der Waals surface area contributed by atoms with Crippen LogP contribution in [0.3, 0.4) is 0 Å². The van der Waals surface area contributed by atoms with Crippen molar-refractivity contribution in [3.63, 3.8) is 0 Å². The number of sulfonamides is 1. The van der Waals surface area contributed by atoms with Crippen molar-refractivity contribution < 1.29 is 41.5 Å². The highest BCUT2D eigenvalue weighted by Gasteiger charge is 2.47. The third kappa shape index (κ3) is 6.90. The molecule has 5 aliphatic rings. The van der Waals surface area contributed by atoms with E-state index in [-0.39, 0.29) is 65.8 Å². The Bertz CT molecular complexity index is 1930. The number of likely N-dealkylation sites (tertiary alicyclic amines) is 1. The van der Waals surface area contributed by atoms with Crippen molar-refractivity contribution in [2.75, 3.05) is 31.1 Å². The Morgan fingerprint density at radius 2 is 1.60 bits per heavy atom. The number of hydrogen-bond donors (Lipinski definition) is 2. The molecule has 3 unspecified atom stereocenters. The zero-order valence-corrected chi connectivity index (χ0v) is 30.2. The molecule has 0 aliphatic carbocycles. The maximum absolute atomic E-state index is 15.7. The molecular formula is C36H43FN6O8S. The van der Waals surface area contributed by atoms with Gasteiger partial charge in [0, 0.05) is 57.3 Å². The van der Waals surface area contributed by atoms with Crippen LogP contribution in [0.5, 0.6) is 0 Å². The molecule has 52 heavy (non-hydrogen) atoms. The number of nitrogens with one attached hydrogen (secondary N) is 2. The number of amides is 5. The van der Waals surface area contributed by atoms with Gasteiger partial charge in [-0.1, -0.05) is 12.1 Å². The molecule has 5 amide bonds. The molecule has 0 aromatic heterocycles. The number of ether oxygens (including phenoxy) is 1. The number of rotatable bonds is 7. The fraction of sp³-hybridized carbons (Fsp3) is 0.528. The van der Waals surface area contributed by atoms with Crippen LogP contribution >= 0.6 is 0 Å². The molecule has 3 atom stereocenters. The molecule has 278 valence electrons. The van der Waals surface area contributed by atoms with Gasteiger partial charge in [-0.15, -0.1) is 0 Å². The highest BCUT2D eigenvalue weighted by molar-refractivity contribution is 7.89. The molecule has 0 saturated carbocycles. The second-order valence-electron chi connectivity index (χ2n) is 15.3. The van der Waals surface area contributed by atoms with Crippen molar-refractivity contribution in [1.82, 2.24) is 24.7 Å². The predicted molar refractivity (Wildman–Crippen MR) is 185 cm³/mol. The molecule has 2 aromatic carbocycles. The number of anilines is 1. The molecule has 7 rings (SSSR count). The number of alkyl carbamates (subject to hydrolysis) is 1. The average Bonchev–Trinajstić information content (AvgIpc) is 3.47. The first-order chi connectivity index (χ1) is 24.6. The van der Waals surface area contributed by atoms with Crippen molar-refractivity contribution in [3.8, 4) is 0 Å². The molecule has 0 radical (unpaired) electrons. The number of piperazine rings is 1. The Balaban J connectivity index is 0.996. The van der Waals surface area contributed by atoms with Gasteiger partial charge in [-0.2, -0.15) is 4.31 Å². The Kier molecular flexibility index (Phi) is 9.36. The van der Waals surface area contributed by atoms with E-state index in [2.05, 4.69) is 15.5 Å². The van der Waals surface area contributed by atoms with Gasteiger partial charge in [-0.25, -0.2) is 17.6 Å². The van der Waals surface area contributed by atoms with E-state index in [9.17, 15) is 32.4 Å². The molecule has 2 N–H and O–H groups in total. The Morgan fingerprint density at radius 3 is 2.23 bits per heavy atom. The topological polar surface area (TPSA) is 166 Å². The Labute approximate surface area is 301 Å². The second kappa shape index (κ2) is 13.5. The fourth-order valence-electron chi connectivity index (χ4n) is 8.12. The van der Waals surface area contributed by atoms with E-state index in [0.29, 0.717) is 32.5 Å². The second-order valence-corrected chi connectivity index (χ2v) is 17.2. The number of hydrogen-bond acceptors (Lipinski definition) is 10. The smallest absolute Gasteiger partial charge is 0.407 e. The minimum absolute atomic E-state index is 0.00731. The number of imide groups is 2. The molecule has 5 aliphatic heterocycles. The van der Waals surface area contributed by atoms with E-state index in [1.807, 2.05) is 11.0 Å². The quantitative estimate of drug-likeness (QED) is 0.404. The maximum atomic E-state index is 15.7. The molecule has 2 aromatic rings. The summed E-state index contributed by atoms with van der Waals surface area (Å²) in [5.41, 5.74) is 0.377. The first-order valence-electron chi connectivity index (χ1n) is 17.7. The van der Waals surface area contributed by atoms with E-state index in [0.717, 1.165) is 29.4 Å². The molecule has 14 nitrogen and oxygen atoms in total. The summed E-state index contributed by atoms with van der Waals surface area (Å²) in [6, 6.07) is 7.95. The van der Waals surface area contributed by atoms with Gasteiger partial charge in [0.15, 0.2) is 0 Å². The van der Waals surface area contributed by atoms with Crippen LogP contribution in [-0.2, 0) is 30.9 Å². The fourth-order valence-corrected chi connectivity index (χ4v) is 9.66. The van der Waals surface area contributed by atoms with Crippen molar-refractivity contribution in [2.24, 2.45) is 0 Å². The number of carbonyl (C=O) groups is 5. The van der Waals surface area contributed by atoms with Crippen molar-refractivity contribution in [2.45, 2.75) is 101 Å². The lowest BCUT2D eigenvalue weighted by Crippen LogP contribution is -2.54. The summed E-state index contributed by atoms with van der Waals surface area (Å²) < 4.78 is 49.8. The molecule has 5 heterocycles. The van der Waals surface area contributed by atoms with E-state index < -0.39 is 57.2 Å². The summed E-state index contributed by atoms with van der Waals surface area (Å²) in [7, 11) is -3.77. The average molecular weight is 739 g/mol. The first-order valence-corrected chi connectivity index (χ1v) is 19.2. The van der Waals surface area contributed by atoms with Gasteiger partial charge in [-0.05, 0) is 82.7 Å². The van der Waals surface area contributed by atoms with E-state index >= 15 is 4.39 Å². The number of piperidine rings is 2. The lowest BCUT2D eigenvalue weighted by molar-refractivity contribution is -0.136. The SMILES string of the molecule is CC(C)(C)OC(=O)NC1CCN(S(=O)(=O)c2cccc(CN3CC4CCC(C3)N4c3cc4c(cc3F)C(=O)N(C3CCC(=O)NC3=O)C4=O)c2)CC1. The largest absolute Gasteiger partial charge is 0.444 e. The van der Waals surface area contributed by atoms with E-state index in [1.54, 1.807) is 39.0 Å². The summed E-state index contributed by atoms with van der Waals surface area (Å²) in [5.74, 6) is -3.26. The summed E-state index contributed by atoms with van der Waals surface area (Å²) in [5, 5.41) is 5.01. The monoisotopic (exact) mass is 738 g/mol. The molecule has 4 saturated heterocycles. The van der Waals surface area contributed by atoms with Crippen LogP contribution in [0.1, 0.15) is 85.6 Å². The van der Waals surface area contributed by atoms with Crippen molar-refractivity contribution >= 4 is 45.4 Å². The molecule has 0 spiro atoms. The van der Waals surface area contributed by atoms with Crippen molar-refractivity contribution in [3.05, 3.63) is 58.9 Å². The maximum Gasteiger partial charge on any atom is 0.407 e. The number of carbonyl (C=O) groups excluding carboxylic acids is 5. The number of fused-ring (bicyclic) bond motifs is 3. The number of nitrogens with zero attached hydrogens (tertiary/aromatic N) is 4. The minimum Gasteiger partial charge on any atom is -0.444 e. The van der Waals surface area contributed by atoms with Crippen LogP contribution in [0.25, 0.3) is 0 Å². The zero-order chi connectivity index (χ0) is 37.1. The van der Waals surface area contributed by atoms with Gasteiger partial charge in [0.2, 0.25) is 21.8 Å². The van der Waals surface area contributed by atoms with Crippen LogP contribution in [0.15, 0.2) is 41.3 Å². The first kappa shape index (κ1) is 36.0. The molecule has 16 heteroatoms. The Hall–Kier alpha value is -4.41.